The fraction of sp³-hybridized carbons (Fsp3) is 0.214. The van der Waals surface area contributed by atoms with Crippen molar-refractivity contribution in [1.82, 2.24) is 5.43 Å². The van der Waals surface area contributed by atoms with Gasteiger partial charge in [-0.15, -0.1) is 6.42 Å². The first-order chi connectivity index (χ1) is 8.34. The van der Waals surface area contributed by atoms with E-state index in [9.17, 15) is 0 Å². The molecule has 0 unspecified atom stereocenters. The second-order valence-electron chi connectivity index (χ2n) is 3.18. The van der Waals surface area contributed by atoms with Crippen molar-refractivity contribution in [2.24, 2.45) is 5.10 Å². The van der Waals surface area contributed by atoms with E-state index in [-0.39, 0.29) is 0 Å². The van der Waals surface area contributed by atoms with Gasteiger partial charge in [0.15, 0.2) is 0 Å². The Hall–Kier alpha value is -1.90. The minimum absolute atomic E-state index is 0.477. The highest BCUT2D eigenvalue weighted by atomic mass is 35.5. The smallest absolute Gasteiger partial charge is 0.0938 e. The molecule has 0 saturated carbocycles. The maximum atomic E-state index is 6.00. The maximum absolute atomic E-state index is 6.00. The number of hydrogen-bond donors (Lipinski definition) is 1. The Morgan fingerprint density at radius 1 is 1.35 bits per heavy atom. The zero-order valence-electron chi connectivity index (χ0n) is 9.41. The maximum Gasteiger partial charge on any atom is 0.0938 e. The van der Waals surface area contributed by atoms with Crippen LogP contribution in [0.1, 0.15) is 12.0 Å². The van der Waals surface area contributed by atoms with E-state index >= 15 is 0 Å². The Labute approximate surface area is 107 Å². The van der Waals surface area contributed by atoms with Gasteiger partial charge in [-0.25, -0.2) is 0 Å². The number of nitrogens with zero attached hydrogens (tertiary/aromatic N) is 1. The summed E-state index contributed by atoms with van der Waals surface area (Å²) < 4.78 is 0. The van der Waals surface area contributed by atoms with Crippen LogP contribution in [0.25, 0.3) is 0 Å². The molecule has 0 aromatic heterocycles. The van der Waals surface area contributed by atoms with Crippen molar-refractivity contribution < 1.29 is 0 Å². The molecule has 1 N–H and O–H groups in total. The van der Waals surface area contributed by atoms with E-state index in [4.69, 9.17) is 18.0 Å². The third kappa shape index (κ3) is 5.66. The highest BCUT2D eigenvalue weighted by Gasteiger charge is 1.94. The van der Waals surface area contributed by atoms with Gasteiger partial charge in [0.2, 0.25) is 0 Å². The fourth-order valence-electron chi connectivity index (χ4n) is 1.13. The van der Waals surface area contributed by atoms with Crippen molar-refractivity contribution in [2.75, 3.05) is 6.54 Å². The molecule has 0 fully saturated rings. The molecule has 1 aromatic rings. The van der Waals surface area contributed by atoms with Gasteiger partial charge in [-0.2, -0.15) is 5.10 Å². The summed E-state index contributed by atoms with van der Waals surface area (Å²) in [5, 5.41) is 4.77. The first kappa shape index (κ1) is 13.2. The zero-order chi connectivity index (χ0) is 12.3. The van der Waals surface area contributed by atoms with Crippen LogP contribution in [-0.2, 0) is 6.42 Å². The van der Waals surface area contributed by atoms with E-state index < -0.39 is 0 Å². The largest absolute Gasteiger partial charge is 0.298 e. The lowest BCUT2D eigenvalue weighted by Crippen LogP contribution is -2.05. The van der Waals surface area contributed by atoms with Crippen LogP contribution in [0.5, 0.6) is 0 Å². The van der Waals surface area contributed by atoms with Crippen molar-refractivity contribution in [2.45, 2.75) is 12.8 Å². The van der Waals surface area contributed by atoms with Crippen molar-refractivity contribution >= 4 is 17.8 Å². The third-order valence-corrected chi connectivity index (χ3v) is 2.30. The number of hydrogen-bond acceptors (Lipinski definition) is 2. The van der Waals surface area contributed by atoms with Gasteiger partial charge in [-0.3, -0.25) is 5.43 Å². The molecule has 0 amide bonds. The van der Waals surface area contributed by atoms with E-state index in [2.05, 4.69) is 28.3 Å². The molecule has 17 heavy (non-hydrogen) atoms. The number of nitrogens with one attached hydrogen (secondary N) is 1. The molecule has 3 heteroatoms. The van der Waals surface area contributed by atoms with Crippen LogP contribution < -0.4 is 5.43 Å². The van der Waals surface area contributed by atoms with Gasteiger partial charge in [0.25, 0.3) is 0 Å². The van der Waals surface area contributed by atoms with Gasteiger partial charge in [0.1, 0.15) is 0 Å². The Morgan fingerprint density at radius 2 is 2.18 bits per heavy atom. The molecule has 0 radical (unpaired) electrons. The molecular weight excluding hydrogens is 232 g/mol. The summed E-state index contributed by atoms with van der Waals surface area (Å²) in [6, 6.07) is 7.70. The molecule has 0 aliphatic carbocycles. The first-order valence-corrected chi connectivity index (χ1v) is 5.59. The lowest BCUT2D eigenvalue weighted by atomic mass is 10.2. The predicted octanol–water partition coefficient (Wildman–Crippen LogP) is 2.48. The van der Waals surface area contributed by atoms with Gasteiger partial charge >= 0.3 is 0 Å². The standard InChI is InChI=1S/C14H13ClN2/c1-2-3-4-7-11-16-17-12-10-13-8-5-6-9-14(13)15/h1,5-6,8-9,12,16H,3,10-11H2/b17-12+. The van der Waals surface area contributed by atoms with Gasteiger partial charge in [0.05, 0.1) is 13.0 Å². The quantitative estimate of drug-likeness (QED) is 0.374. The summed E-state index contributed by atoms with van der Waals surface area (Å²) in [5.74, 6) is 8.11. The van der Waals surface area contributed by atoms with Crippen LogP contribution in [-0.4, -0.2) is 12.8 Å². The first-order valence-electron chi connectivity index (χ1n) is 5.21. The fourth-order valence-corrected chi connectivity index (χ4v) is 1.35. The van der Waals surface area contributed by atoms with Crippen molar-refractivity contribution in [3.8, 4) is 24.2 Å². The highest BCUT2D eigenvalue weighted by molar-refractivity contribution is 6.31. The molecule has 0 aliphatic heterocycles. The number of benzene rings is 1. The summed E-state index contributed by atoms with van der Waals surface area (Å²) >= 11 is 6.00. The van der Waals surface area contributed by atoms with Crippen molar-refractivity contribution in [3.05, 3.63) is 34.9 Å². The average Bonchev–Trinajstić information content (AvgIpc) is 2.35. The van der Waals surface area contributed by atoms with Crippen LogP contribution in [0.15, 0.2) is 29.4 Å². The SMILES string of the molecule is C#CCC#CCN/N=C/Cc1ccccc1Cl. The van der Waals surface area contributed by atoms with E-state index in [1.165, 1.54) is 0 Å². The minimum Gasteiger partial charge on any atom is -0.298 e. The molecule has 86 valence electrons. The second kappa shape index (κ2) is 8.28. The van der Waals surface area contributed by atoms with Gasteiger partial charge in [-0.05, 0) is 11.6 Å². The summed E-state index contributed by atoms with van der Waals surface area (Å²) in [5.41, 5.74) is 3.87. The Balaban J connectivity index is 2.26. The van der Waals surface area contributed by atoms with Crippen LogP contribution in [0.3, 0.4) is 0 Å². The molecule has 0 bridgehead atoms. The van der Waals surface area contributed by atoms with Gasteiger partial charge < -0.3 is 0 Å². The summed E-state index contributed by atoms with van der Waals surface area (Å²) in [4.78, 5) is 0. The average molecular weight is 245 g/mol. The van der Waals surface area contributed by atoms with E-state index in [0.29, 0.717) is 19.4 Å². The second-order valence-corrected chi connectivity index (χ2v) is 3.58. The van der Waals surface area contributed by atoms with E-state index in [0.717, 1.165) is 10.6 Å². The van der Waals surface area contributed by atoms with Gasteiger partial charge in [-0.1, -0.05) is 47.6 Å². The van der Waals surface area contributed by atoms with Crippen LogP contribution in [0.4, 0.5) is 0 Å². The van der Waals surface area contributed by atoms with Crippen LogP contribution in [0.2, 0.25) is 5.02 Å². The molecular formula is C14H13ClN2. The Kier molecular flexibility index (Phi) is 6.41. The van der Waals surface area contributed by atoms with E-state index in [1.807, 2.05) is 24.3 Å². The molecule has 0 saturated heterocycles. The third-order valence-electron chi connectivity index (χ3n) is 1.93. The Morgan fingerprint density at radius 3 is 2.94 bits per heavy atom. The normalized spacial score (nSPS) is 9.41. The number of rotatable bonds is 4. The van der Waals surface area contributed by atoms with Gasteiger partial charge in [0, 0.05) is 17.7 Å². The molecule has 2 nitrogen and oxygen atoms in total. The van der Waals surface area contributed by atoms with Crippen molar-refractivity contribution in [1.29, 1.82) is 0 Å². The molecule has 0 aliphatic rings. The van der Waals surface area contributed by atoms with Crippen LogP contribution in [0, 0.1) is 24.2 Å². The summed E-state index contributed by atoms with van der Waals surface area (Å²) in [6.45, 7) is 0.501. The lowest BCUT2D eigenvalue weighted by molar-refractivity contribution is 0.840. The zero-order valence-corrected chi connectivity index (χ0v) is 10.2. The number of halogens is 1. The Bertz CT molecular complexity index is 475. The topological polar surface area (TPSA) is 24.4 Å². The minimum atomic E-state index is 0.477. The predicted molar refractivity (Wildman–Crippen MR) is 72.9 cm³/mol. The summed E-state index contributed by atoms with van der Waals surface area (Å²) in [7, 11) is 0. The molecule has 1 rings (SSSR count). The molecule has 1 aromatic carbocycles. The highest BCUT2D eigenvalue weighted by Crippen LogP contribution is 2.14. The molecule has 0 spiro atoms. The number of hydrazone groups is 1. The van der Waals surface area contributed by atoms with Crippen LogP contribution >= 0.6 is 11.6 Å². The lowest BCUT2D eigenvalue weighted by Gasteiger charge is -1.98. The summed E-state index contributed by atoms with van der Waals surface area (Å²) in [6.07, 6.45) is 8.00. The number of terminal acetylenes is 1. The molecule has 0 atom stereocenters. The monoisotopic (exact) mass is 244 g/mol. The van der Waals surface area contributed by atoms with E-state index in [1.54, 1.807) is 6.21 Å². The van der Waals surface area contributed by atoms with Crippen molar-refractivity contribution in [3.63, 3.8) is 0 Å². The molecule has 0 heterocycles.